The van der Waals surface area contributed by atoms with Gasteiger partial charge in [-0.15, -0.1) is 10.2 Å². The molecule has 162 valence electrons. The minimum absolute atomic E-state index is 0.158. The molecule has 1 saturated carbocycles. The van der Waals surface area contributed by atoms with Crippen molar-refractivity contribution < 1.29 is 14.3 Å². The SMILES string of the molecule is CCOc1ccccc1Nc1nnc(S[C@@H](C)C(=O)NC(=O)NC2CCCCC2)s1. The quantitative estimate of drug-likeness (QED) is 0.515. The third-order valence-electron chi connectivity index (χ3n) is 4.66. The highest BCUT2D eigenvalue weighted by molar-refractivity contribution is 8.02. The average molecular weight is 450 g/mol. The maximum atomic E-state index is 12.3. The Kier molecular flexibility index (Phi) is 8.32. The van der Waals surface area contributed by atoms with Gasteiger partial charge in [-0.1, -0.05) is 54.5 Å². The van der Waals surface area contributed by atoms with Crippen LogP contribution in [0.15, 0.2) is 28.6 Å². The Labute approximate surface area is 184 Å². The Morgan fingerprint density at radius 1 is 1.23 bits per heavy atom. The zero-order valence-electron chi connectivity index (χ0n) is 17.1. The van der Waals surface area contributed by atoms with E-state index in [-0.39, 0.29) is 11.9 Å². The molecule has 1 aromatic carbocycles. The van der Waals surface area contributed by atoms with Crippen molar-refractivity contribution in [1.82, 2.24) is 20.8 Å². The summed E-state index contributed by atoms with van der Waals surface area (Å²) in [5, 5.41) is 16.9. The number of amides is 3. The van der Waals surface area contributed by atoms with Gasteiger partial charge in [0.2, 0.25) is 11.0 Å². The number of hydrogen-bond acceptors (Lipinski definition) is 8. The molecule has 3 rings (SSSR count). The van der Waals surface area contributed by atoms with Gasteiger partial charge in [-0.3, -0.25) is 10.1 Å². The number of carbonyl (C=O) groups is 2. The number of nitrogens with one attached hydrogen (secondary N) is 3. The minimum Gasteiger partial charge on any atom is -0.492 e. The van der Waals surface area contributed by atoms with Crippen LogP contribution in [0.3, 0.4) is 0 Å². The zero-order valence-corrected chi connectivity index (χ0v) is 18.8. The van der Waals surface area contributed by atoms with Gasteiger partial charge in [0.25, 0.3) is 0 Å². The second-order valence-corrected chi connectivity index (χ2v) is 9.55. The van der Waals surface area contributed by atoms with Crippen molar-refractivity contribution in [2.75, 3.05) is 11.9 Å². The molecule has 10 heteroatoms. The Morgan fingerprint density at radius 2 is 2.00 bits per heavy atom. The number of benzene rings is 1. The lowest BCUT2D eigenvalue weighted by atomic mass is 9.96. The number of thioether (sulfide) groups is 1. The summed E-state index contributed by atoms with van der Waals surface area (Å²) < 4.78 is 6.24. The first-order valence-electron chi connectivity index (χ1n) is 10.2. The van der Waals surface area contributed by atoms with Crippen LogP contribution in [0.2, 0.25) is 0 Å². The Balaban J connectivity index is 1.49. The molecular weight excluding hydrogens is 422 g/mol. The summed E-state index contributed by atoms with van der Waals surface area (Å²) in [6.45, 7) is 4.24. The molecule has 0 unspecified atom stereocenters. The summed E-state index contributed by atoms with van der Waals surface area (Å²) in [7, 11) is 0. The van der Waals surface area contributed by atoms with Gasteiger partial charge in [-0.2, -0.15) is 0 Å². The van der Waals surface area contributed by atoms with Gasteiger partial charge in [-0.05, 0) is 38.8 Å². The number of hydrogen-bond donors (Lipinski definition) is 3. The van der Waals surface area contributed by atoms with Gasteiger partial charge >= 0.3 is 6.03 Å². The molecule has 1 aliphatic rings. The molecule has 0 bridgehead atoms. The van der Waals surface area contributed by atoms with E-state index in [2.05, 4.69) is 26.1 Å². The fourth-order valence-corrected chi connectivity index (χ4v) is 5.07. The highest BCUT2D eigenvalue weighted by atomic mass is 32.2. The van der Waals surface area contributed by atoms with E-state index in [9.17, 15) is 9.59 Å². The van der Waals surface area contributed by atoms with Crippen LogP contribution in [0.1, 0.15) is 46.0 Å². The maximum Gasteiger partial charge on any atom is 0.321 e. The summed E-state index contributed by atoms with van der Waals surface area (Å²) in [6.07, 6.45) is 5.39. The van der Waals surface area contributed by atoms with Crippen LogP contribution >= 0.6 is 23.1 Å². The van der Waals surface area contributed by atoms with E-state index in [0.717, 1.165) is 37.1 Å². The maximum absolute atomic E-state index is 12.3. The van der Waals surface area contributed by atoms with E-state index in [4.69, 9.17) is 4.74 Å². The smallest absolute Gasteiger partial charge is 0.321 e. The minimum atomic E-state index is -0.474. The second kappa shape index (κ2) is 11.2. The number of carbonyl (C=O) groups excluding carboxylic acids is 2. The lowest BCUT2D eigenvalue weighted by Gasteiger charge is -2.22. The van der Waals surface area contributed by atoms with Crippen molar-refractivity contribution in [2.24, 2.45) is 0 Å². The van der Waals surface area contributed by atoms with Crippen LogP contribution < -0.4 is 20.7 Å². The van der Waals surface area contributed by atoms with E-state index in [1.165, 1.54) is 29.5 Å². The molecule has 1 heterocycles. The van der Waals surface area contributed by atoms with Crippen molar-refractivity contribution >= 4 is 45.9 Å². The van der Waals surface area contributed by atoms with E-state index >= 15 is 0 Å². The summed E-state index contributed by atoms with van der Waals surface area (Å²) in [5.74, 6) is 0.390. The highest BCUT2D eigenvalue weighted by Gasteiger charge is 2.21. The monoisotopic (exact) mass is 449 g/mol. The van der Waals surface area contributed by atoms with Crippen LogP contribution in [0.4, 0.5) is 15.6 Å². The van der Waals surface area contributed by atoms with Crippen molar-refractivity contribution in [1.29, 1.82) is 0 Å². The molecule has 1 atom stereocenters. The Morgan fingerprint density at radius 3 is 2.77 bits per heavy atom. The number of imide groups is 1. The largest absolute Gasteiger partial charge is 0.492 e. The number of ether oxygens (including phenoxy) is 1. The van der Waals surface area contributed by atoms with Crippen LogP contribution in [0, 0.1) is 0 Å². The molecule has 1 fully saturated rings. The summed E-state index contributed by atoms with van der Waals surface area (Å²) in [4.78, 5) is 24.4. The lowest BCUT2D eigenvalue weighted by molar-refractivity contribution is -0.119. The van der Waals surface area contributed by atoms with E-state index in [1.54, 1.807) is 6.92 Å². The van der Waals surface area contributed by atoms with Crippen LogP contribution in [0.5, 0.6) is 5.75 Å². The molecule has 3 amide bonds. The number of anilines is 2. The number of para-hydroxylation sites is 2. The summed E-state index contributed by atoms with van der Waals surface area (Å²) in [6, 6.07) is 7.33. The number of aromatic nitrogens is 2. The molecular formula is C20H27N5O3S2. The standard InChI is InChI=1S/C20H27N5O3S2/c1-3-28-16-12-8-7-11-15(16)22-19-24-25-20(30-19)29-13(2)17(26)23-18(27)21-14-9-5-4-6-10-14/h7-8,11-14H,3-6,9-10H2,1-2H3,(H,22,24)(H2,21,23,26,27)/t13-/m0/s1. The topological polar surface area (TPSA) is 105 Å². The lowest BCUT2D eigenvalue weighted by Crippen LogP contribution is -2.47. The summed E-state index contributed by atoms with van der Waals surface area (Å²) in [5.41, 5.74) is 0.803. The molecule has 1 aliphatic carbocycles. The van der Waals surface area contributed by atoms with Crippen molar-refractivity contribution in [3.63, 3.8) is 0 Å². The molecule has 3 N–H and O–H groups in total. The van der Waals surface area contributed by atoms with Gasteiger partial charge in [0.05, 0.1) is 17.5 Å². The predicted molar refractivity (Wildman–Crippen MR) is 120 cm³/mol. The molecule has 0 spiro atoms. The third-order valence-corrected chi connectivity index (χ3v) is 6.68. The second-order valence-electron chi connectivity index (χ2n) is 6.99. The molecule has 30 heavy (non-hydrogen) atoms. The van der Waals surface area contributed by atoms with Crippen molar-refractivity contribution in [2.45, 2.75) is 61.6 Å². The van der Waals surface area contributed by atoms with Crippen LogP contribution in [0.25, 0.3) is 0 Å². The molecule has 8 nitrogen and oxygen atoms in total. The van der Waals surface area contributed by atoms with Gasteiger partial charge < -0.3 is 15.4 Å². The van der Waals surface area contributed by atoms with E-state index in [1.807, 2.05) is 31.2 Å². The van der Waals surface area contributed by atoms with Gasteiger partial charge in [0.1, 0.15) is 5.75 Å². The Bertz CT molecular complexity index is 854. The van der Waals surface area contributed by atoms with Gasteiger partial charge in [0.15, 0.2) is 4.34 Å². The van der Waals surface area contributed by atoms with E-state index in [0.29, 0.717) is 16.1 Å². The third kappa shape index (κ3) is 6.60. The normalized spacial score (nSPS) is 15.3. The number of rotatable bonds is 8. The van der Waals surface area contributed by atoms with E-state index < -0.39 is 11.3 Å². The first-order valence-corrected chi connectivity index (χ1v) is 11.8. The van der Waals surface area contributed by atoms with Gasteiger partial charge in [-0.25, -0.2) is 4.79 Å². The molecule has 0 aliphatic heterocycles. The average Bonchev–Trinajstić information content (AvgIpc) is 3.17. The zero-order chi connectivity index (χ0) is 21.3. The molecule has 1 aromatic heterocycles. The van der Waals surface area contributed by atoms with Crippen LogP contribution in [-0.2, 0) is 4.79 Å². The fourth-order valence-electron chi connectivity index (χ4n) is 3.16. The molecule has 0 saturated heterocycles. The number of nitrogens with zero attached hydrogens (tertiary/aromatic N) is 2. The predicted octanol–water partition coefficient (Wildman–Crippen LogP) is 4.32. The first kappa shape index (κ1) is 22.4. The highest BCUT2D eigenvalue weighted by Crippen LogP contribution is 2.33. The first-order chi connectivity index (χ1) is 14.5. The van der Waals surface area contributed by atoms with Crippen LogP contribution in [-0.4, -0.2) is 40.0 Å². The number of urea groups is 1. The Hall–Kier alpha value is -2.33. The summed E-state index contributed by atoms with van der Waals surface area (Å²) >= 11 is 2.61. The molecule has 0 radical (unpaired) electrons. The molecule has 2 aromatic rings. The van der Waals surface area contributed by atoms with Crippen molar-refractivity contribution in [3.8, 4) is 5.75 Å². The van der Waals surface area contributed by atoms with Crippen molar-refractivity contribution in [3.05, 3.63) is 24.3 Å². The fraction of sp³-hybridized carbons (Fsp3) is 0.500. The van der Waals surface area contributed by atoms with Gasteiger partial charge in [0, 0.05) is 6.04 Å².